The third-order valence-electron chi connectivity index (χ3n) is 2.82. The summed E-state index contributed by atoms with van der Waals surface area (Å²) < 4.78 is 10.7. The van der Waals surface area contributed by atoms with Crippen LogP contribution in [-0.4, -0.2) is 17.6 Å². The molecule has 2 rings (SSSR count). The lowest BCUT2D eigenvalue weighted by Gasteiger charge is -2.09. The van der Waals surface area contributed by atoms with Crippen molar-refractivity contribution in [3.8, 4) is 5.75 Å². The average molecular weight is 318 g/mol. The van der Waals surface area contributed by atoms with Gasteiger partial charge in [0, 0.05) is 6.42 Å². The number of carbonyl (C=O) groups excluding carboxylic acids is 1. The molecular formula is C16H18N2O3S. The molecule has 0 aliphatic rings. The number of amides is 1. The topological polar surface area (TPSA) is 63.5 Å². The zero-order valence-corrected chi connectivity index (χ0v) is 12.9. The fourth-order valence-electron chi connectivity index (χ4n) is 1.75. The van der Waals surface area contributed by atoms with Crippen LogP contribution in [0.3, 0.4) is 0 Å². The molecule has 22 heavy (non-hydrogen) atoms. The SMILES string of the molecule is O=C(CCCOc1ccccc1)NC(=S)NCc1ccco1. The standard InChI is InChI=1S/C16H18N2O3S/c19-15(9-5-11-20-13-6-2-1-3-7-13)18-16(22)17-12-14-8-4-10-21-14/h1-4,6-8,10H,5,9,11-12H2,(H2,17,18,19,22). The Morgan fingerprint density at radius 2 is 2.00 bits per heavy atom. The molecule has 0 unspecified atom stereocenters. The van der Waals surface area contributed by atoms with Gasteiger partial charge in [-0.25, -0.2) is 0 Å². The molecule has 1 aromatic heterocycles. The van der Waals surface area contributed by atoms with Crippen molar-refractivity contribution in [3.63, 3.8) is 0 Å². The Hall–Kier alpha value is -2.34. The molecule has 0 spiro atoms. The van der Waals surface area contributed by atoms with Gasteiger partial charge in [-0.2, -0.15) is 0 Å². The fourth-order valence-corrected chi connectivity index (χ4v) is 1.94. The molecule has 1 aromatic carbocycles. The Morgan fingerprint density at radius 3 is 2.73 bits per heavy atom. The Balaban J connectivity index is 1.56. The zero-order valence-electron chi connectivity index (χ0n) is 12.1. The number of hydrogen-bond donors (Lipinski definition) is 2. The second kappa shape index (κ2) is 8.84. The number of nitrogens with one attached hydrogen (secondary N) is 2. The van der Waals surface area contributed by atoms with Crippen LogP contribution in [0.15, 0.2) is 53.1 Å². The molecule has 0 saturated carbocycles. The van der Waals surface area contributed by atoms with E-state index in [0.717, 1.165) is 11.5 Å². The number of para-hydroxylation sites is 1. The van der Waals surface area contributed by atoms with Crippen molar-refractivity contribution >= 4 is 23.2 Å². The molecule has 0 radical (unpaired) electrons. The number of hydrogen-bond acceptors (Lipinski definition) is 4. The zero-order chi connectivity index (χ0) is 15.6. The number of carbonyl (C=O) groups is 1. The molecular weight excluding hydrogens is 300 g/mol. The third-order valence-corrected chi connectivity index (χ3v) is 3.06. The first-order valence-electron chi connectivity index (χ1n) is 7.02. The largest absolute Gasteiger partial charge is 0.494 e. The number of rotatable bonds is 7. The van der Waals surface area contributed by atoms with Crippen molar-refractivity contribution in [2.24, 2.45) is 0 Å². The van der Waals surface area contributed by atoms with Gasteiger partial charge < -0.3 is 19.8 Å². The van der Waals surface area contributed by atoms with Gasteiger partial charge in [-0.15, -0.1) is 0 Å². The maximum atomic E-state index is 11.7. The summed E-state index contributed by atoms with van der Waals surface area (Å²) in [5.74, 6) is 1.43. The minimum absolute atomic E-state index is 0.131. The van der Waals surface area contributed by atoms with E-state index in [2.05, 4.69) is 10.6 Å². The normalized spacial score (nSPS) is 10.0. The molecule has 6 heteroatoms. The smallest absolute Gasteiger partial charge is 0.226 e. The van der Waals surface area contributed by atoms with Crippen LogP contribution in [0.5, 0.6) is 5.75 Å². The van der Waals surface area contributed by atoms with Crippen LogP contribution in [0.4, 0.5) is 0 Å². The van der Waals surface area contributed by atoms with Crippen LogP contribution in [0.25, 0.3) is 0 Å². The molecule has 0 atom stereocenters. The highest BCUT2D eigenvalue weighted by molar-refractivity contribution is 7.80. The third kappa shape index (κ3) is 5.97. The lowest BCUT2D eigenvalue weighted by molar-refractivity contribution is -0.119. The maximum Gasteiger partial charge on any atom is 0.226 e. The summed E-state index contributed by atoms with van der Waals surface area (Å²) in [5, 5.41) is 5.83. The predicted octanol–water partition coefficient (Wildman–Crippen LogP) is 2.63. The molecule has 116 valence electrons. The van der Waals surface area contributed by atoms with Gasteiger partial charge in [0.25, 0.3) is 0 Å². The van der Waals surface area contributed by atoms with Crippen LogP contribution < -0.4 is 15.4 Å². The monoisotopic (exact) mass is 318 g/mol. The van der Waals surface area contributed by atoms with E-state index in [-0.39, 0.29) is 5.91 Å². The highest BCUT2D eigenvalue weighted by Crippen LogP contribution is 2.08. The van der Waals surface area contributed by atoms with Crippen molar-refractivity contribution in [2.45, 2.75) is 19.4 Å². The molecule has 1 heterocycles. The van der Waals surface area contributed by atoms with Gasteiger partial charge >= 0.3 is 0 Å². The molecule has 0 saturated heterocycles. The van der Waals surface area contributed by atoms with E-state index < -0.39 is 0 Å². The van der Waals surface area contributed by atoms with E-state index in [4.69, 9.17) is 21.4 Å². The molecule has 0 aliphatic carbocycles. The summed E-state index contributed by atoms with van der Waals surface area (Å²) in [4.78, 5) is 11.7. The summed E-state index contributed by atoms with van der Waals surface area (Å²) in [5.41, 5.74) is 0. The van der Waals surface area contributed by atoms with Gasteiger partial charge in [-0.3, -0.25) is 4.79 Å². The minimum atomic E-state index is -0.131. The first-order chi connectivity index (χ1) is 10.7. The summed E-state index contributed by atoms with van der Waals surface area (Å²) in [7, 11) is 0. The van der Waals surface area contributed by atoms with Crippen molar-refractivity contribution < 1.29 is 13.9 Å². The molecule has 0 aliphatic heterocycles. The van der Waals surface area contributed by atoms with Crippen molar-refractivity contribution in [1.82, 2.24) is 10.6 Å². The van der Waals surface area contributed by atoms with Crippen LogP contribution in [-0.2, 0) is 11.3 Å². The van der Waals surface area contributed by atoms with Gasteiger partial charge in [0.2, 0.25) is 5.91 Å². The van der Waals surface area contributed by atoms with E-state index in [1.54, 1.807) is 12.3 Å². The van der Waals surface area contributed by atoms with Crippen LogP contribution in [0.1, 0.15) is 18.6 Å². The van der Waals surface area contributed by atoms with E-state index in [1.807, 2.05) is 36.4 Å². The van der Waals surface area contributed by atoms with Gasteiger partial charge in [0.1, 0.15) is 11.5 Å². The molecule has 2 N–H and O–H groups in total. The Kier molecular flexibility index (Phi) is 6.44. The van der Waals surface area contributed by atoms with E-state index in [1.165, 1.54) is 0 Å². The highest BCUT2D eigenvalue weighted by atomic mass is 32.1. The van der Waals surface area contributed by atoms with E-state index in [0.29, 0.717) is 31.1 Å². The van der Waals surface area contributed by atoms with Gasteiger partial charge in [-0.1, -0.05) is 18.2 Å². The average Bonchev–Trinajstić information content (AvgIpc) is 3.04. The van der Waals surface area contributed by atoms with Gasteiger partial charge in [0.15, 0.2) is 5.11 Å². The quantitative estimate of drug-likeness (QED) is 0.607. The second-order valence-electron chi connectivity index (χ2n) is 4.58. The highest BCUT2D eigenvalue weighted by Gasteiger charge is 2.05. The van der Waals surface area contributed by atoms with Crippen molar-refractivity contribution in [3.05, 3.63) is 54.5 Å². The van der Waals surface area contributed by atoms with Gasteiger partial charge in [-0.05, 0) is 42.9 Å². The van der Waals surface area contributed by atoms with Crippen molar-refractivity contribution in [1.29, 1.82) is 0 Å². The summed E-state index contributed by atoms with van der Waals surface area (Å²) >= 11 is 5.04. The molecule has 0 bridgehead atoms. The minimum Gasteiger partial charge on any atom is -0.494 e. The Morgan fingerprint density at radius 1 is 1.18 bits per heavy atom. The summed E-state index contributed by atoms with van der Waals surface area (Å²) in [6, 6.07) is 13.1. The maximum absolute atomic E-state index is 11.7. The lowest BCUT2D eigenvalue weighted by Crippen LogP contribution is -2.38. The Labute approximate surface area is 134 Å². The molecule has 5 nitrogen and oxygen atoms in total. The summed E-state index contributed by atoms with van der Waals surface area (Å²) in [6.45, 7) is 0.938. The second-order valence-corrected chi connectivity index (χ2v) is 4.98. The van der Waals surface area contributed by atoms with Crippen LogP contribution >= 0.6 is 12.2 Å². The first-order valence-corrected chi connectivity index (χ1v) is 7.43. The van der Waals surface area contributed by atoms with E-state index >= 15 is 0 Å². The number of furan rings is 1. The Bertz CT molecular complexity index is 585. The van der Waals surface area contributed by atoms with Gasteiger partial charge in [0.05, 0.1) is 19.4 Å². The predicted molar refractivity (Wildman–Crippen MR) is 87.5 cm³/mol. The summed E-state index contributed by atoms with van der Waals surface area (Å²) in [6.07, 6.45) is 2.57. The van der Waals surface area contributed by atoms with Crippen molar-refractivity contribution in [2.75, 3.05) is 6.61 Å². The van der Waals surface area contributed by atoms with E-state index in [9.17, 15) is 4.79 Å². The van der Waals surface area contributed by atoms with Crippen LogP contribution in [0, 0.1) is 0 Å². The lowest BCUT2D eigenvalue weighted by atomic mass is 10.3. The fraction of sp³-hybridized carbons (Fsp3) is 0.250. The molecule has 0 fully saturated rings. The number of thiocarbonyl (C=S) groups is 1. The molecule has 2 aromatic rings. The van der Waals surface area contributed by atoms with Crippen LogP contribution in [0.2, 0.25) is 0 Å². The number of ether oxygens (including phenoxy) is 1. The number of benzene rings is 1. The molecule has 1 amide bonds. The first kappa shape index (κ1) is 16.0.